The molecule has 0 aliphatic carbocycles. The number of rotatable bonds is 1. The molecule has 1 heterocycles. The molecule has 0 bridgehead atoms. The first-order chi connectivity index (χ1) is 5.75. The third-order valence-electron chi connectivity index (χ3n) is 2.45. The van der Waals surface area contributed by atoms with Gasteiger partial charge < -0.3 is 10.6 Å². The van der Waals surface area contributed by atoms with Gasteiger partial charge in [0.25, 0.3) is 0 Å². The largest absolute Gasteiger partial charge is 0.399 e. The van der Waals surface area contributed by atoms with Crippen molar-refractivity contribution in [1.29, 1.82) is 0 Å². The van der Waals surface area contributed by atoms with Gasteiger partial charge in [0, 0.05) is 24.7 Å². The number of likely N-dealkylation sites (tertiary alicyclic amines) is 1. The Bertz CT molecular complexity index is 277. The van der Waals surface area contributed by atoms with E-state index < -0.39 is 0 Å². The van der Waals surface area contributed by atoms with Gasteiger partial charge >= 0.3 is 0 Å². The van der Waals surface area contributed by atoms with Crippen LogP contribution in [0.25, 0.3) is 0 Å². The fourth-order valence-electron chi connectivity index (χ4n) is 1.72. The van der Waals surface area contributed by atoms with Crippen LogP contribution < -0.4 is 5.73 Å². The smallest absolute Gasteiger partial charge is 0.0316 e. The van der Waals surface area contributed by atoms with Crippen LogP contribution in [0.3, 0.4) is 0 Å². The van der Waals surface area contributed by atoms with Crippen molar-refractivity contribution in [2.24, 2.45) is 0 Å². The van der Waals surface area contributed by atoms with E-state index >= 15 is 0 Å². The molecule has 0 amide bonds. The highest BCUT2D eigenvalue weighted by Gasteiger charge is 2.24. The Labute approximate surface area is 73.0 Å². The van der Waals surface area contributed by atoms with Crippen LogP contribution >= 0.6 is 0 Å². The molecule has 0 saturated carbocycles. The van der Waals surface area contributed by atoms with Gasteiger partial charge in [-0.1, -0.05) is 12.1 Å². The number of nitrogens with zero attached hydrogens (tertiary/aromatic N) is 1. The van der Waals surface area contributed by atoms with Gasteiger partial charge in [0.05, 0.1) is 0 Å². The predicted octanol–water partition coefficient (Wildman–Crippen LogP) is 1.30. The lowest BCUT2D eigenvalue weighted by atomic mass is 9.92. The Kier molecular flexibility index (Phi) is 1.77. The number of nitrogen functional groups attached to an aromatic ring is 1. The topological polar surface area (TPSA) is 29.3 Å². The quantitative estimate of drug-likeness (QED) is 0.631. The number of hydrogen-bond donors (Lipinski definition) is 1. The summed E-state index contributed by atoms with van der Waals surface area (Å²) in [6, 6.07) is 8.21. The number of hydrogen-bond acceptors (Lipinski definition) is 2. The zero-order valence-electron chi connectivity index (χ0n) is 7.33. The van der Waals surface area contributed by atoms with E-state index in [1.54, 1.807) is 0 Å². The highest BCUT2D eigenvalue weighted by Crippen LogP contribution is 2.26. The predicted molar refractivity (Wildman–Crippen MR) is 51.1 cm³/mol. The first kappa shape index (κ1) is 7.62. The van der Waals surface area contributed by atoms with Crippen LogP contribution in [0.4, 0.5) is 5.69 Å². The highest BCUT2D eigenvalue weighted by molar-refractivity contribution is 5.42. The second kappa shape index (κ2) is 2.79. The molecular formula is C10H14N2. The normalized spacial score (nSPS) is 19.1. The first-order valence-electron chi connectivity index (χ1n) is 4.29. The molecule has 0 aromatic heterocycles. The van der Waals surface area contributed by atoms with Crippen LogP contribution in [-0.2, 0) is 0 Å². The highest BCUT2D eigenvalue weighted by atomic mass is 15.2. The summed E-state index contributed by atoms with van der Waals surface area (Å²) >= 11 is 0. The molecule has 0 spiro atoms. The average molecular weight is 162 g/mol. The second-order valence-electron chi connectivity index (χ2n) is 3.59. The van der Waals surface area contributed by atoms with Crippen molar-refractivity contribution in [2.45, 2.75) is 5.92 Å². The molecule has 64 valence electrons. The van der Waals surface area contributed by atoms with Crippen molar-refractivity contribution >= 4 is 5.69 Å². The Balaban J connectivity index is 2.13. The molecular weight excluding hydrogens is 148 g/mol. The van der Waals surface area contributed by atoms with E-state index in [9.17, 15) is 0 Å². The molecule has 12 heavy (non-hydrogen) atoms. The SMILES string of the molecule is CN1CC(c2cccc(N)c2)C1. The summed E-state index contributed by atoms with van der Waals surface area (Å²) < 4.78 is 0. The first-order valence-corrected chi connectivity index (χ1v) is 4.29. The monoisotopic (exact) mass is 162 g/mol. The Morgan fingerprint density at radius 2 is 2.17 bits per heavy atom. The van der Waals surface area contributed by atoms with Crippen LogP contribution in [0.15, 0.2) is 24.3 Å². The van der Waals surface area contributed by atoms with Crippen molar-refractivity contribution in [2.75, 3.05) is 25.9 Å². The van der Waals surface area contributed by atoms with E-state index in [1.807, 2.05) is 12.1 Å². The van der Waals surface area contributed by atoms with Crippen molar-refractivity contribution in [3.05, 3.63) is 29.8 Å². The average Bonchev–Trinajstić information content (AvgIpc) is 1.99. The lowest BCUT2D eigenvalue weighted by Gasteiger charge is -2.36. The molecule has 2 heteroatoms. The number of likely N-dealkylation sites (N-methyl/N-ethyl adjacent to an activating group) is 1. The molecule has 2 nitrogen and oxygen atoms in total. The van der Waals surface area contributed by atoms with E-state index in [1.165, 1.54) is 18.7 Å². The zero-order chi connectivity index (χ0) is 8.55. The summed E-state index contributed by atoms with van der Waals surface area (Å²) in [6.45, 7) is 2.34. The van der Waals surface area contributed by atoms with Gasteiger partial charge in [-0.15, -0.1) is 0 Å². The minimum absolute atomic E-state index is 0.707. The lowest BCUT2D eigenvalue weighted by molar-refractivity contribution is 0.190. The van der Waals surface area contributed by atoms with E-state index in [2.05, 4.69) is 24.1 Å². The van der Waals surface area contributed by atoms with Gasteiger partial charge in [-0.25, -0.2) is 0 Å². The maximum absolute atomic E-state index is 5.70. The van der Waals surface area contributed by atoms with Gasteiger partial charge in [0.1, 0.15) is 0 Å². The van der Waals surface area contributed by atoms with Crippen LogP contribution in [0.2, 0.25) is 0 Å². The Morgan fingerprint density at radius 1 is 1.42 bits per heavy atom. The summed E-state index contributed by atoms with van der Waals surface area (Å²) in [4.78, 5) is 2.31. The van der Waals surface area contributed by atoms with Crippen LogP contribution in [-0.4, -0.2) is 25.0 Å². The van der Waals surface area contributed by atoms with E-state index in [4.69, 9.17) is 5.73 Å². The summed E-state index contributed by atoms with van der Waals surface area (Å²) in [6.07, 6.45) is 0. The van der Waals surface area contributed by atoms with Crippen LogP contribution in [0.5, 0.6) is 0 Å². The van der Waals surface area contributed by atoms with Crippen LogP contribution in [0.1, 0.15) is 11.5 Å². The summed E-state index contributed by atoms with van der Waals surface area (Å²) in [5, 5.41) is 0. The molecule has 0 radical (unpaired) electrons. The molecule has 1 aromatic carbocycles. The fourth-order valence-corrected chi connectivity index (χ4v) is 1.72. The fraction of sp³-hybridized carbons (Fsp3) is 0.400. The van der Waals surface area contributed by atoms with E-state index in [-0.39, 0.29) is 0 Å². The van der Waals surface area contributed by atoms with Crippen molar-refractivity contribution < 1.29 is 0 Å². The zero-order valence-corrected chi connectivity index (χ0v) is 7.33. The van der Waals surface area contributed by atoms with Gasteiger partial charge in [0.15, 0.2) is 0 Å². The lowest BCUT2D eigenvalue weighted by Crippen LogP contribution is -2.41. The maximum Gasteiger partial charge on any atom is 0.0316 e. The van der Waals surface area contributed by atoms with Crippen molar-refractivity contribution in [3.8, 4) is 0 Å². The van der Waals surface area contributed by atoms with Crippen molar-refractivity contribution in [1.82, 2.24) is 4.90 Å². The summed E-state index contributed by atoms with van der Waals surface area (Å²) in [5.41, 5.74) is 7.96. The van der Waals surface area contributed by atoms with E-state index in [0.29, 0.717) is 5.92 Å². The third-order valence-corrected chi connectivity index (χ3v) is 2.45. The number of anilines is 1. The molecule has 1 aliphatic heterocycles. The van der Waals surface area contributed by atoms with Gasteiger partial charge in [-0.2, -0.15) is 0 Å². The molecule has 1 fully saturated rings. The second-order valence-corrected chi connectivity index (χ2v) is 3.59. The van der Waals surface area contributed by atoms with Gasteiger partial charge in [-0.05, 0) is 24.7 Å². The summed E-state index contributed by atoms with van der Waals surface area (Å²) in [7, 11) is 2.14. The number of nitrogens with two attached hydrogens (primary N) is 1. The van der Waals surface area contributed by atoms with Crippen LogP contribution in [0, 0.1) is 0 Å². The van der Waals surface area contributed by atoms with E-state index in [0.717, 1.165) is 5.69 Å². The van der Waals surface area contributed by atoms with Gasteiger partial charge in [0.2, 0.25) is 0 Å². The maximum atomic E-state index is 5.70. The molecule has 2 N–H and O–H groups in total. The molecule has 1 saturated heterocycles. The molecule has 0 atom stereocenters. The summed E-state index contributed by atoms with van der Waals surface area (Å²) in [5.74, 6) is 0.707. The Hall–Kier alpha value is -1.02. The van der Waals surface area contributed by atoms with Crippen molar-refractivity contribution in [3.63, 3.8) is 0 Å². The molecule has 0 unspecified atom stereocenters. The molecule has 2 rings (SSSR count). The Morgan fingerprint density at radius 3 is 2.75 bits per heavy atom. The number of benzene rings is 1. The standard InChI is InChI=1S/C10H14N2/c1-12-6-9(7-12)8-3-2-4-10(11)5-8/h2-5,9H,6-7,11H2,1H3. The third kappa shape index (κ3) is 1.30. The minimum Gasteiger partial charge on any atom is -0.399 e. The molecule has 1 aromatic rings. The minimum atomic E-state index is 0.707. The van der Waals surface area contributed by atoms with Gasteiger partial charge in [-0.3, -0.25) is 0 Å². The molecule has 1 aliphatic rings.